The molecule has 2 heterocycles. The molecule has 0 spiro atoms. The van der Waals surface area contributed by atoms with Gasteiger partial charge >= 0.3 is 0 Å². The van der Waals surface area contributed by atoms with Crippen LogP contribution in [-0.4, -0.2) is 42.2 Å². The highest BCUT2D eigenvalue weighted by Gasteiger charge is 2.17. The van der Waals surface area contributed by atoms with E-state index in [9.17, 15) is 4.79 Å². The number of amides is 1. The van der Waals surface area contributed by atoms with Gasteiger partial charge in [0, 0.05) is 13.1 Å². The van der Waals surface area contributed by atoms with Crippen molar-refractivity contribution in [3.63, 3.8) is 0 Å². The maximum atomic E-state index is 12.4. The molecule has 1 N–H and O–H groups in total. The maximum absolute atomic E-state index is 12.4. The monoisotopic (exact) mass is 340 g/mol. The molecule has 25 heavy (non-hydrogen) atoms. The van der Waals surface area contributed by atoms with Gasteiger partial charge in [-0.3, -0.25) is 4.79 Å². The van der Waals surface area contributed by atoms with E-state index in [2.05, 4.69) is 20.2 Å². The molecule has 1 aliphatic rings. The van der Waals surface area contributed by atoms with E-state index in [1.165, 1.54) is 0 Å². The number of rotatable bonds is 4. The third-order valence-corrected chi connectivity index (χ3v) is 4.26. The summed E-state index contributed by atoms with van der Waals surface area (Å²) in [7, 11) is 0. The van der Waals surface area contributed by atoms with Gasteiger partial charge in [0.1, 0.15) is 0 Å². The van der Waals surface area contributed by atoms with Crippen molar-refractivity contribution >= 4 is 17.5 Å². The minimum absolute atomic E-state index is 0.0560. The molecule has 0 saturated carbocycles. The second-order valence-corrected chi connectivity index (χ2v) is 6.38. The summed E-state index contributed by atoms with van der Waals surface area (Å²) in [6.45, 7) is 8.79. The van der Waals surface area contributed by atoms with Crippen LogP contribution in [0.25, 0.3) is 0 Å². The fourth-order valence-electron chi connectivity index (χ4n) is 2.98. The van der Waals surface area contributed by atoms with E-state index in [-0.39, 0.29) is 5.91 Å². The Morgan fingerprint density at radius 1 is 1.16 bits per heavy atom. The standard InChI is InChI=1S/C19H24N4O2/c1-13-5-4-6-16(11-13)12-17(24)22-18-14(2)20-19(21-15(18)3)23-7-9-25-10-8-23/h4-6,11H,7-10,12H2,1-3H3,(H,22,24). The first-order valence-electron chi connectivity index (χ1n) is 8.56. The van der Waals surface area contributed by atoms with Crippen molar-refractivity contribution in [1.82, 2.24) is 9.97 Å². The van der Waals surface area contributed by atoms with Crippen LogP contribution in [0.5, 0.6) is 0 Å². The lowest BCUT2D eigenvalue weighted by atomic mass is 10.1. The van der Waals surface area contributed by atoms with Crippen LogP contribution in [-0.2, 0) is 16.0 Å². The van der Waals surface area contributed by atoms with Crippen LogP contribution >= 0.6 is 0 Å². The average molecular weight is 340 g/mol. The van der Waals surface area contributed by atoms with Gasteiger partial charge in [-0.1, -0.05) is 29.8 Å². The number of carbonyl (C=O) groups excluding carboxylic acids is 1. The zero-order valence-electron chi connectivity index (χ0n) is 15.0. The minimum atomic E-state index is -0.0560. The molecule has 0 unspecified atom stereocenters. The highest BCUT2D eigenvalue weighted by atomic mass is 16.5. The van der Waals surface area contributed by atoms with Gasteiger partial charge in [0.05, 0.1) is 36.7 Å². The Morgan fingerprint density at radius 3 is 2.48 bits per heavy atom. The normalized spacial score (nSPS) is 14.4. The van der Waals surface area contributed by atoms with E-state index in [1.54, 1.807) is 0 Å². The SMILES string of the molecule is Cc1cccc(CC(=O)Nc2c(C)nc(N3CCOCC3)nc2C)c1. The molecule has 0 bridgehead atoms. The summed E-state index contributed by atoms with van der Waals surface area (Å²) in [6.07, 6.45) is 0.339. The van der Waals surface area contributed by atoms with Crippen LogP contribution in [0.4, 0.5) is 11.6 Å². The van der Waals surface area contributed by atoms with Crippen molar-refractivity contribution in [2.24, 2.45) is 0 Å². The number of nitrogens with one attached hydrogen (secondary N) is 1. The Labute approximate surface area is 148 Å². The summed E-state index contributed by atoms with van der Waals surface area (Å²) in [6, 6.07) is 7.98. The Morgan fingerprint density at radius 2 is 1.84 bits per heavy atom. The molecular formula is C19H24N4O2. The Balaban J connectivity index is 1.72. The average Bonchev–Trinajstić information content (AvgIpc) is 2.59. The highest BCUT2D eigenvalue weighted by molar-refractivity contribution is 5.93. The molecule has 1 aromatic carbocycles. The molecule has 1 aromatic heterocycles. The largest absolute Gasteiger partial charge is 0.378 e. The van der Waals surface area contributed by atoms with Gasteiger partial charge in [0.2, 0.25) is 11.9 Å². The first-order chi connectivity index (χ1) is 12.0. The highest BCUT2D eigenvalue weighted by Crippen LogP contribution is 2.21. The first kappa shape index (κ1) is 17.4. The number of aromatic nitrogens is 2. The summed E-state index contributed by atoms with van der Waals surface area (Å²) in [4.78, 5) is 23.7. The summed E-state index contributed by atoms with van der Waals surface area (Å²) >= 11 is 0. The number of nitrogens with zero attached hydrogens (tertiary/aromatic N) is 3. The molecule has 132 valence electrons. The van der Waals surface area contributed by atoms with E-state index >= 15 is 0 Å². The number of hydrogen-bond donors (Lipinski definition) is 1. The lowest BCUT2D eigenvalue weighted by Gasteiger charge is -2.27. The third kappa shape index (κ3) is 4.33. The van der Waals surface area contributed by atoms with Crippen molar-refractivity contribution < 1.29 is 9.53 Å². The predicted molar refractivity (Wildman–Crippen MR) is 98.1 cm³/mol. The zero-order valence-corrected chi connectivity index (χ0v) is 15.0. The molecule has 0 radical (unpaired) electrons. The predicted octanol–water partition coefficient (Wildman–Crippen LogP) is 2.42. The summed E-state index contributed by atoms with van der Waals surface area (Å²) < 4.78 is 5.37. The molecule has 3 rings (SSSR count). The summed E-state index contributed by atoms with van der Waals surface area (Å²) in [5.74, 6) is 0.648. The lowest BCUT2D eigenvalue weighted by Crippen LogP contribution is -2.37. The number of ether oxygens (including phenoxy) is 1. The molecule has 0 atom stereocenters. The van der Waals surface area contributed by atoms with Gasteiger partial charge < -0.3 is 15.0 Å². The van der Waals surface area contributed by atoms with Gasteiger partial charge in [-0.15, -0.1) is 0 Å². The van der Waals surface area contributed by atoms with Crippen LogP contribution < -0.4 is 10.2 Å². The number of carbonyl (C=O) groups is 1. The van der Waals surface area contributed by atoms with Crippen LogP contribution in [0.2, 0.25) is 0 Å². The number of hydrogen-bond acceptors (Lipinski definition) is 5. The molecular weight excluding hydrogens is 316 g/mol. The molecule has 6 heteroatoms. The zero-order chi connectivity index (χ0) is 17.8. The summed E-state index contributed by atoms with van der Waals surface area (Å²) in [5, 5.41) is 2.97. The van der Waals surface area contributed by atoms with E-state index < -0.39 is 0 Å². The fourth-order valence-corrected chi connectivity index (χ4v) is 2.98. The van der Waals surface area contributed by atoms with Crippen LogP contribution in [0.1, 0.15) is 22.5 Å². The van der Waals surface area contributed by atoms with Gasteiger partial charge in [-0.2, -0.15) is 0 Å². The van der Waals surface area contributed by atoms with Crippen molar-refractivity contribution in [3.05, 3.63) is 46.8 Å². The van der Waals surface area contributed by atoms with Crippen LogP contribution in [0, 0.1) is 20.8 Å². The molecule has 1 fully saturated rings. The Bertz CT molecular complexity index is 747. The number of aryl methyl sites for hydroxylation is 3. The van der Waals surface area contributed by atoms with E-state index in [4.69, 9.17) is 4.74 Å². The minimum Gasteiger partial charge on any atom is -0.378 e. The van der Waals surface area contributed by atoms with Crippen LogP contribution in [0.3, 0.4) is 0 Å². The second kappa shape index (κ2) is 7.61. The smallest absolute Gasteiger partial charge is 0.228 e. The topological polar surface area (TPSA) is 67.4 Å². The van der Waals surface area contributed by atoms with E-state index in [1.807, 2.05) is 45.0 Å². The Hall–Kier alpha value is -2.47. The molecule has 1 aliphatic heterocycles. The maximum Gasteiger partial charge on any atom is 0.228 e. The number of anilines is 2. The van der Waals surface area contributed by atoms with Gasteiger partial charge in [0.15, 0.2) is 0 Å². The van der Waals surface area contributed by atoms with Gasteiger partial charge in [-0.25, -0.2) is 9.97 Å². The van der Waals surface area contributed by atoms with Crippen molar-refractivity contribution in [2.75, 3.05) is 36.5 Å². The Kier molecular flexibility index (Phi) is 5.28. The second-order valence-electron chi connectivity index (χ2n) is 6.38. The quantitative estimate of drug-likeness (QED) is 0.926. The molecule has 2 aromatic rings. The van der Waals surface area contributed by atoms with Crippen molar-refractivity contribution in [2.45, 2.75) is 27.2 Å². The van der Waals surface area contributed by atoms with Gasteiger partial charge in [-0.05, 0) is 26.3 Å². The van der Waals surface area contributed by atoms with Crippen molar-refractivity contribution in [3.8, 4) is 0 Å². The number of morpholine rings is 1. The first-order valence-corrected chi connectivity index (χ1v) is 8.56. The summed E-state index contributed by atoms with van der Waals surface area (Å²) in [5.41, 5.74) is 4.42. The van der Waals surface area contributed by atoms with Crippen LogP contribution in [0.15, 0.2) is 24.3 Å². The van der Waals surface area contributed by atoms with Crippen molar-refractivity contribution in [1.29, 1.82) is 0 Å². The van der Waals surface area contributed by atoms with E-state index in [0.717, 1.165) is 35.6 Å². The molecule has 0 aliphatic carbocycles. The molecule has 1 saturated heterocycles. The van der Waals surface area contributed by atoms with E-state index in [0.29, 0.717) is 31.3 Å². The molecule has 6 nitrogen and oxygen atoms in total. The van der Waals surface area contributed by atoms with Gasteiger partial charge in [0.25, 0.3) is 0 Å². The fraction of sp³-hybridized carbons (Fsp3) is 0.421. The lowest BCUT2D eigenvalue weighted by molar-refractivity contribution is -0.115. The number of benzene rings is 1. The molecule has 1 amide bonds. The third-order valence-electron chi connectivity index (χ3n) is 4.26.